The van der Waals surface area contributed by atoms with Gasteiger partial charge in [-0.05, 0) is 56.7 Å². The highest BCUT2D eigenvalue weighted by Gasteiger charge is 2.18. The summed E-state index contributed by atoms with van der Waals surface area (Å²) in [6, 6.07) is 9.16. The molecule has 5 nitrogen and oxygen atoms in total. The van der Waals surface area contributed by atoms with Crippen LogP contribution in [-0.4, -0.2) is 17.6 Å². The summed E-state index contributed by atoms with van der Waals surface area (Å²) in [4.78, 5) is 24.1. The molecule has 0 aromatic heterocycles. The Morgan fingerprint density at radius 3 is 2.31 bits per heavy atom. The van der Waals surface area contributed by atoms with Crippen LogP contribution >= 0.6 is 0 Å². The van der Waals surface area contributed by atoms with Crippen LogP contribution in [0.3, 0.4) is 0 Å². The van der Waals surface area contributed by atoms with E-state index in [4.69, 9.17) is 4.74 Å². The van der Waals surface area contributed by atoms with Crippen molar-refractivity contribution in [2.75, 3.05) is 10.6 Å². The van der Waals surface area contributed by atoms with Gasteiger partial charge in [-0.15, -0.1) is 0 Å². The highest BCUT2D eigenvalue weighted by Crippen LogP contribution is 2.24. The van der Waals surface area contributed by atoms with Gasteiger partial charge in [0, 0.05) is 0 Å². The van der Waals surface area contributed by atoms with Gasteiger partial charge in [-0.3, -0.25) is 10.1 Å². The Morgan fingerprint density at radius 1 is 0.962 bits per heavy atom. The molecule has 26 heavy (non-hydrogen) atoms. The van der Waals surface area contributed by atoms with Crippen LogP contribution in [0.5, 0.6) is 0 Å². The summed E-state index contributed by atoms with van der Waals surface area (Å²) < 4.78 is 31.9. The van der Waals surface area contributed by atoms with Crippen molar-refractivity contribution in [3.05, 3.63) is 59.7 Å². The molecule has 2 N–H and O–H groups in total. The monoisotopic (exact) mass is 362 g/mol. The number of anilines is 2. The maximum atomic E-state index is 13.5. The quantitative estimate of drug-likeness (QED) is 0.842. The number of ether oxygens (including phenoxy) is 1. The standard InChI is InChI=1S/C19H20F2N2O3/c1-19(2,3)26-18(25)23-15-8-7-14(21)11-16(15)22-17(24)10-12-5-4-6-13(20)9-12/h4-9,11H,10H2,1-3H3,(H,22,24)(H,23,25). The van der Waals surface area contributed by atoms with Crippen molar-refractivity contribution < 1.29 is 23.1 Å². The van der Waals surface area contributed by atoms with Gasteiger partial charge in [0.15, 0.2) is 0 Å². The first kappa shape index (κ1) is 19.4. The van der Waals surface area contributed by atoms with E-state index in [2.05, 4.69) is 10.6 Å². The molecule has 2 amide bonds. The van der Waals surface area contributed by atoms with Crippen molar-refractivity contribution in [3.8, 4) is 0 Å². The van der Waals surface area contributed by atoms with E-state index < -0.39 is 29.2 Å². The van der Waals surface area contributed by atoms with Crippen molar-refractivity contribution in [2.45, 2.75) is 32.8 Å². The number of hydrogen-bond acceptors (Lipinski definition) is 3. The van der Waals surface area contributed by atoms with Gasteiger partial charge in [0.05, 0.1) is 17.8 Å². The molecule has 2 rings (SSSR count). The number of nitrogens with one attached hydrogen (secondary N) is 2. The smallest absolute Gasteiger partial charge is 0.412 e. The van der Waals surface area contributed by atoms with Crippen LogP contribution in [0, 0.1) is 11.6 Å². The molecule has 0 aliphatic heterocycles. The molecule has 0 fully saturated rings. The van der Waals surface area contributed by atoms with Crippen molar-refractivity contribution in [2.24, 2.45) is 0 Å². The second-order valence-corrected chi connectivity index (χ2v) is 6.67. The first-order valence-corrected chi connectivity index (χ1v) is 7.96. The van der Waals surface area contributed by atoms with E-state index in [-0.39, 0.29) is 17.8 Å². The summed E-state index contributed by atoms with van der Waals surface area (Å²) in [6.45, 7) is 5.12. The number of benzene rings is 2. The predicted molar refractivity (Wildman–Crippen MR) is 95.0 cm³/mol. The summed E-state index contributed by atoms with van der Waals surface area (Å²) in [7, 11) is 0. The molecule has 0 atom stereocenters. The van der Waals surface area contributed by atoms with Gasteiger partial charge in [0.2, 0.25) is 5.91 Å². The Labute approximate surface area is 150 Å². The summed E-state index contributed by atoms with van der Waals surface area (Å²) >= 11 is 0. The van der Waals surface area contributed by atoms with Crippen LogP contribution in [0.2, 0.25) is 0 Å². The number of carbonyl (C=O) groups is 2. The molecule has 138 valence electrons. The largest absolute Gasteiger partial charge is 0.444 e. The lowest BCUT2D eigenvalue weighted by Crippen LogP contribution is -2.27. The van der Waals surface area contributed by atoms with E-state index in [1.165, 1.54) is 24.3 Å². The van der Waals surface area contributed by atoms with Crippen molar-refractivity contribution in [1.82, 2.24) is 0 Å². The molecular weight excluding hydrogens is 342 g/mol. The number of carbonyl (C=O) groups excluding carboxylic acids is 2. The minimum atomic E-state index is -0.732. The second-order valence-electron chi connectivity index (χ2n) is 6.67. The maximum absolute atomic E-state index is 13.5. The Bertz CT molecular complexity index is 817. The van der Waals surface area contributed by atoms with Crippen LogP contribution in [0.15, 0.2) is 42.5 Å². The number of amides is 2. The lowest BCUT2D eigenvalue weighted by Gasteiger charge is -2.20. The maximum Gasteiger partial charge on any atom is 0.412 e. The zero-order valence-electron chi connectivity index (χ0n) is 14.7. The zero-order chi connectivity index (χ0) is 19.3. The van der Waals surface area contributed by atoms with Crippen LogP contribution in [0.25, 0.3) is 0 Å². The van der Waals surface area contributed by atoms with Gasteiger partial charge >= 0.3 is 6.09 Å². The number of halogens is 2. The van der Waals surface area contributed by atoms with Crippen LogP contribution in [0.4, 0.5) is 25.0 Å². The molecule has 0 unspecified atom stereocenters. The van der Waals surface area contributed by atoms with Gasteiger partial charge in [-0.2, -0.15) is 0 Å². The van der Waals surface area contributed by atoms with E-state index in [1.807, 2.05) is 0 Å². The van der Waals surface area contributed by atoms with Gasteiger partial charge in [0.1, 0.15) is 17.2 Å². The SMILES string of the molecule is CC(C)(C)OC(=O)Nc1ccc(F)cc1NC(=O)Cc1cccc(F)c1. The summed E-state index contributed by atoms with van der Waals surface area (Å²) in [5.41, 5.74) is 0.0383. The number of hydrogen-bond donors (Lipinski definition) is 2. The molecule has 0 saturated heterocycles. The van der Waals surface area contributed by atoms with Crippen molar-refractivity contribution >= 4 is 23.4 Å². The Balaban J connectivity index is 2.11. The molecule has 0 bridgehead atoms. The minimum Gasteiger partial charge on any atom is -0.444 e. The van der Waals surface area contributed by atoms with Crippen LogP contribution in [-0.2, 0) is 16.0 Å². The topological polar surface area (TPSA) is 67.4 Å². The normalized spacial score (nSPS) is 11.0. The lowest BCUT2D eigenvalue weighted by molar-refractivity contribution is -0.115. The van der Waals surface area contributed by atoms with Gasteiger partial charge in [0.25, 0.3) is 0 Å². The molecule has 0 heterocycles. The third-order valence-corrected chi connectivity index (χ3v) is 3.15. The minimum absolute atomic E-state index is 0.0808. The highest BCUT2D eigenvalue weighted by molar-refractivity contribution is 5.98. The number of rotatable bonds is 4. The summed E-state index contributed by atoms with van der Waals surface area (Å²) in [5, 5.41) is 4.99. The predicted octanol–water partition coefficient (Wildman–Crippen LogP) is 4.49. The van der Waals surface area contributed by atoms with Crippen molar-refractivity contribution in [3.63, 3.8) is 0 Å². The van der Waals surface area contributed by atoms with E-state index >= 15 is 0 Å². The average Bonchev–Trinajstić information content (AvgIpc) is 2.48. The van der Waals surface area contributed by atoms with E-state index in [9.17, 15) is 18.4 Å². The van der Waals surface area contributed by atoms with Crippen LogP contribution < -0.4 is 10.6 Å². The highest BCUT2D eigenvalue weighted by atomic mass is 19.1. The first-order valence-electron chi connectivity index (χ1n) is 7.96. The van der Waals surface area contributed by atoms with Gasteiger partial charge < -0.3 is 10.1 Å². The van der Waals surface area contributed by atoms with E-state index in [0.717, 1.165) is 12.1 Å². The Kier molecular flexibility index (Phi) is 5.92. The van der Waals surface area contributed by atoms with Gasteiger partial charge in [-0.1, -0.05) is 12.1 Å². The Hall–Kier alpha value is -2.96. The molecule has 0 saturated carbocycles. The summed E-state index contributed by atoms with van der Waals surface area (Å²) in [5.74, 6) is -1.51. The van der Waals surface area contributed by atoms with Crippen LogP contribution in [0.1, 0.15) is 26.3 Å². The molecule has 0 radical (unpaired) electrons. The fraction of sp³-hybridized carbons (Fsp3) is 0.263. The second kappa shape index (κ2) is 7.95. The Morgan fingerprint density at radius 2 is 1.65 bits per heavy atom. The van der Waals surface area contributed by atoms with E-state index in [0.29, 0.717) is 5.56 Å². The fourth-order valence-electron chi connectivity index (χ4n) is 2.17. The first-order chi connectivity index (χ1) is 12.1. The lowest BCUT2D eigenvalue weighted by atomic mass is 10.1. The molecule has 0 spiro atoms. The molecule has 2 aromatic rings. The molecule has 7 heteroatoms. The summed E-state index contributed by atoms with van der Waals surface area (Å²) in [6.07, 6.45) is -0.829. The van der Waals surface area contributed by atoms with E-state index in [1.54, 1.807) is 26.8 Å². The average molecular weight is 362 g/mol. The third-order valence-electron chi connectivity index (χ3n) is 3.15. The molecule has 0 aliphatic rings. The molecule has 2 aromatic carbocycles. The fourth-order valence-corrected chi connectivity index (χ4v) is 2.17. The zero-order valence-corrected chi connectivity index (χ0v) is 14.7. The molecule has 0 aliphatic carbocycles. The van der Waals surface area contributed by atoms with Gasteiger partial charge in [-0.25, -0.2) is 13.6 Å². The van der Waals surface area contributed by atoms with Crippen molar-refractivity contribution in [1.29, 1.82) is 0 Å². The molecular formula is C19H20F2N2O3. The third kappa shape index (κ3) is 6.16.